The Morgan fingerprint density at radius 3 is 2.45 bits per heavy atom. The van der Waals surface area contributed by atoms with Gasteiger partial charge in [0, 0.05) is 25.2 Å². The zero-order valence-electron chi connectivity index (χ0n) is 17.5. The summed E-state index contributed by atoms with van der Waals surface area (Å²) in [6, 6.07) is 5.21. The van der Waals surface area contributed by atoms with E-state index < -0.39 is 5.97 Å². The Morgan fingerprint density at radius 2 is 1.93 bits per heavy atom. The summed E-state index contributed by atoms with van der Waals surface area (Å²) >= 11 is 0. The lowest BCUT2D eigenvalue weighted by atomic mass is 10.0. The van der Waals surface area contributed by atoms with Gasteiger partial charge in [-0.05, 0) is 38.4 Å². The van der Waals surface area contributed by atoms with Crippen LogP contribution >= 0.6 is 12.4 Å². The number of hydrogen-bond acceptors (Lipinski definition) is 6. The van der Waals surface area contributed by atoms with Gasteiger partial charge in [-0.1, -0.05) is 6.92 Å². The highest BCUT2D eigenvalue weighted by atomic mass is 35.5. The van der Waals surface area contributed by atoms with Crippen molar-refractivity contribution in [3.63, 3.8) is 0 Å². The van der Waals surface area contributed by atoms with Crippen LogP contribution in [0, 0.1) is 0 Å². The summed E-state index contributed by atoms with van der Waals surface area (Å²) < 4.78 is 10.5. The van der Waals surface area contributed by atoms with Gasteiger partial charge in [-0.25, -0.2) is 0 Å². The topological polar surface area (TPSA) is 91.3 Å². The molecule has 164 valence electrons. The summed E-state index contributed by atoms with van der Waals surface area (Å²) in [6.07, 6.45) is 1.70. The molecule has 1 saturated heterocycles. The molecule has 0 bridgehead atoms. The minimum Gasteiger partial charge on any atom is -0.497 e. The molecular weight excluding hydrogens is 398 g/mol. The lowest BCUT2D eigenvalue weighted by Crippen LogP contribution is -2.51. The minimum atomic E-state index is -0.802. The maximum absolute atomic E-state index is 12.8. The van der Waals surface area contributed by atoms with Crippen LogP contribution in [0.5, 0.6) is 11.5 Å². The number of likely N-dealkylation sites (tertiary alicyclic amines) is 1. The summed E-state index contributed by atoms with van der Waals surface area (Å²) in [5, 5.41) is 12.0. The van der Waals surface area contributed by atoms with Crippen LogP contribution in [0.4, 0.5) is 5.69 Å². The van der Waals surface area contributed by atoms with Crippen LogP contribution in [0.25, 0.3) is 0 Å². The van der Waals surface area contributed by atoms with Crippen LogP contribution in [0.2, 0.25) is 0 Å². The van der Waals surface area contributed by atoms with Crippen molar-refractivity contribution in [1.29, 1.82) is 0 Å². The SMILES string of the molecule is CCN(CC(=O)O)C1CCN(C(C)C(=O)Nc2cc(OC)ccc2OC)CC1.Cl. The molecule has 0 spiro atoms. The van der Waals surface area contributed by atoms with Gasteiger partial charge in [0.15, 0.2) is 0 Å². The third-order valence-electron chi connectivity index (χ3n) is 5.35. The standard InChI is InChI=1S/C20H31N3O5.ClH/c1-5-22(13-19(24)25)15-8-10-23(11-9-15)14(2)20(26)21-17-12-16(27-3)6-7-18(17)28-4;/h6-7,12,14-15H,5,8-11,13H2,1-4H3,(H,21,26)(H,24,25);1H. The Labute approximate surface area is 178 Å². The van der Waals surface area contributed by atoms with Crippen LogP contribution in [0.1, 0.15) is 26.7 Å². The first-order valence-electron chi connectivity index (χ1n) is 9.62. The van der Waals surface area contributed by atoms with E-state index in [-0.39, 0.29) is 36.9 Å². The third kappa shape index (κ3) is 6.76. The highest BCUT2D eigenvalue weighted by molar-refractivity contribution is 5.96. The summed E-state index contributed by atoms with van der Waals surface area (Å²) in [6.45, 7) is 6.15. The molecule has 0 saturated carbocycles. The number of methoxy groups -OCH3 is 2. The van der Waals surface area contributed by atoms with Gasteiger partial charge in [-0.3, -0.25) is 19.4 Å². The van der Waals surface area contributed by atoms with Gasteiger partial charge < -0.3 is 19.9 Å². The number of likely N-dealkylation sites (N-methyl/N-ethyl adjacent to an activating group) is 1. The van der Waals surface area contributed by atoms with Crippen molar-refractivity contribution in [2.75, 3.05) is 45.7 Å². The number of amides is 1. The van der Waals surface area contributed by atoms with Crippen molar-refractivity contribution in [3.05, 3.63) is 18.2 Å². The second-order valence-corrected chi connectivity index (χ2v) is 6.96. The first-order chi connectivity index (χ1) is 13.4. The first-order valence-corrected chi connectivity index (χ1v) is 9.62. The molecule has 9 heteroatoms. The maximum Gasteiger partial charge on any atom is 0.317 e. The summed E-state index contributed by atoms with van der Waals surface area (Å²) in [5.41, 5.74) is 0.576. The molecule has 1 aromatic carbocycles. The molecule has 1 atom stereocenters. The molecule has 1 aliphatic rings. The number of rotatable bonds is 9. The Bertz CT molecular complexity index is 680. The van der Waals surface area contributed by atoms with E-state index in [0.717, 1.165) is 25.9 Å². The number of halogens is 1. The van der Waals surface area contributed by atoms with Crippen LogP contribution in [0.3, 0.4) is 0 Å². The quantitative estimate of drug-likeness (QED) is 0.622. The number of anilines is 1. The summed E-state index contributed by atoms with van der Waals surface area (Å²) in [5.74, 6) is 0.308. The second kappa shape index (κ2) is 11.8. The van der Waals surface area contributed by atoms with Crippen LogP contribution in [-0.2, 0) is 9.59 Å². The molecule has 0 radical (unpaired) electrons. The van der Waals surface area contributed by atoms with Crippen molar-refractivity contribution < 1.29 is 24.2 Å². The first kappa shape index (κ1) is 25.0. The molecule has 1 aliphatic heterocycles. The number of nitrogens with zero attached hydrogens (tertiary/aromatic N) is 2. The number of carbonyl (C=O) groups excluding carboxylic acids is 1. The number of ether oxygens (including phenoxy) is 2. The fraction of sp³-hybridized carbons (Fsp3) is 0.600. The molecule has 1 aromatic rings. The zero-order valence-corrected chi connectivity index (χ0v) is 18.3. The van der Waals surface area contributed by atoms with Crippen molar-refractivity contribution in [2.24, 2.45) is 0 Å². The lowest BCUT2D eigenvalue weighted by Gasteiger charge is -2.39. The van der Waals surface area contributed by atoms with E-state index >= 15 is 0 Å². The summed E-state index contributed by atoms with van der Waals surface area (Å²) in [7, 11) is 3.13. The van der Waals surface area contributed by atoms with Gasteiger partial charge in [0.2, 0.25) is 5.91 Å². The van der Waals surface area contributed by atoms with Crippen molar-refractivity contribution in [3.8, 4) is 11.5 Å². The minimum absolute atomic E-state index is 0. The third-order valence-corrected chi connectivity index (χ3v) is 5.35. The number of carbonyl (C=O) groups is 2. The number of piperidine rings is 1. The summed E-state index contributed by atoms with van der Waals surface area (Å²) in [4.78, 5) is 27.9. The van der Waals surface area contributed by atoms with Gasteiger partial charge in [0.1, 0.15) is 11.5 Å². The van der Waals surface area contributed by atoms with Crippen LogP contribution in [0.15, 0.2) is 18.2 Å². The van der Waals surface area contributed by atoms with Crippen LogP contribution < -0.4 is 14.8 Å². The second-order valence-electron chi connectivity index (χ2n) is 6.96. The average molecular weight is 430 g/mol. The molecule has 1 fully saturated rings. The van der Waals surface area contributed by atoms with Crippen LogP contribution in [-0.4, -0.2) is 79.3 Å². The van der Waals surface area contributed by atoms with Gasteiger partial charge in [-0.15, -0.1) is 12.4 Å². The number of carboxylic acids is 1. The number of nitrogens with one attached hydrogen (secondary N) is 1. The zero-order chi connectivity index (χ0) is 20.7. The fourth-order valence-corrected chi connectivity index (χ4v) is 3.63. The molecule has 0 aromatic heterocycles. The van der Waals surface area contributed by atoms with E-state index in [2.05, 4.69) is 10.2 Å². The van der Waals surface area contributed by atoms with E-state index in [1.54, 1.807) is 32.4 Å². The van der Waals surface area contributed by atoms with E-state index in [0.29, 0.717) is 23.7 Å². The Hall–Kier alpha value is -2.03. The van der Waals surface area contributed by atoms with Gasteiger partial charge in [0.05, 0.1) is 32.5 Å². The molecular formula is C20H32ClN3O5. The molecule has 29 heavy (non-hydrogen) atoms. The van der Waals surface area contributed by atoms with E-state index in [1.165, 1.54) is 0 Å². The number of aliphatic carboxylic acids is 1. The van der Waals surface area contributed by atoms with E-state index in [4.69, 9.17) is 14.6 Å². The largest absolute Gasteiger partial charge is 0.497 e. The smallest absolute Gasteiger partial charge is 0.317 e. The van der Waals surface area contributed by atoms with Crippen molar-refractivity contribution in [1.82, 2.24) is 9.80 Å². The van der Waals surface area contributed by atoms with Crippen molar-refractivity contribution in [2.45, 2.75) is 38.8 Å². The molecule has 1 heterocycles. The normalized spacial score (nSPS) is 16.0. The predicted molar refractivity (Wildman–Crippen MR) is 114 cm³/mol. The highest BCUT2D eigenvalue weighted by Crippen LogP contribution is 2.29. The van der Waals surface area contributed by atoms with Crippen molar-refractivity contribution >= 4 is 30.0 Å². The molecule has 1 unspecified atom stereocenters. The fourth-order valence-electron chi connectivity index (χ4n) is 3.63. The molecule has 0 aliphatic carbocycles. The van der Waals surface area contributed by atoms with E-state index in [9.17, 15) is 9.59 Å². The van der Waals surface area contributed by atoms with Gasteiger partial charge in [0.25, 0.3) is 0 Å². The molecule has 1 amide bonds. The number of hydrogen-bond donors (Lipinski definition) is 2. The van der Waals surface area contributed by atoms with Gasteiger partial charge in [-0.2, -0.15) is 0 Å². The Balaban J connectivity index is 0.00000420. The molecule has 8 nitrogen and oxygen atoms in total. The Kier molecular flexibility index (Phi) is 10.2. The molecule has 2 N–H and O–H groups in total. The predicted octanol–water partition coefficient (Wildman–Crippen LogP) is 2.32. The monoisotopic (exact) mass is 429 g/mol. The highest BCUT2D eigenvalue weighted by Gasteiger charge is 2.29. The van der Waals surface area contributed by atoms with Gasteiger partial charge >= 0.3 is 5.97 Å². The number of benzene rings is 1. The maximum atomic E-state index is 12.8. The molecule has 2 rings (SSSR count). The Morgan fingerprint density at radius 1 is 1.28 bits per heavy atom. The lowest BCUT2D eigenvalue weighted by molar-refractivity contribution is -0.139. The average Bonchev–Trinajstić information content (AvgIpc) is 2.71. The number of carboxylic acid groups (broad SMARTS) is 1. The van der Waals surface area contributed by atoms with E-state index in [1.807, 2.05) is 18.7 Å².